The van der Waals surface area contributed by atoms with Crippen LogP contribution < -0.4 is 4.90 Å². The minimum Gasteiger partial charge on any atom is -0.368 e. The lowest BCUT2D eigenvalue weighted by Gasteiger charge is -2.39. The van der Waals surface area contributed by atoms with Crippen molar-refractivity contribution in [3.05, 3.63) is 65.4 Å². The molecule has 2 unspecified atom stereocenters. The summed E-state index contributed by atoms with van der Waals surface area (Å²) in [6.45, 7) is 6.37. The zero-order valence-corrected chi connectivity index (χ0v) is 17.1. The maximum absolute atomic E-state index is 9.40. The number of hydrogen-bond donors (Lipinski definition) is 1. The van der Waals surface area contributed by atoms with Crippen molar-refractivity contribution in [1.29, 1.82) is 5.26 Å². The predicted octanol–water partition coefficient (Wildman–Crippen LogP) is 4.81. The molecule has 4 nitrogen and oxygen atoms in total. The highest BCUT2D eigenvalue weighted by molar-refractivity contribution is 5.84. The molecular formula is C25H28N4. The van der Waals surface area contributed by atoms with Gasteiger partial charge < -0.3 is 9.88 Å². The van der Waals surface area contributed by atoms with Crippen molar-refractivity contribution in [2.75, 3.05) is 31.1 Å². The van der Waals surface area contributed by atoms with E-state index < -0.39 is 0 Å². The van der Waals surface area contributed by atoms with Gasteiger partial charge in [-0.1, -0.05) is 23.8 Å². The molecule has 1 aliphatic heterocycles. The van der Waals surface area contributed by atoms with E-state index in [4.69, 9.17) is 0 Å². The molecule has 148 valence electrons. The molecular weight excluding hydrogens is 356 g/mol. The standard InChI is InChI=1S/C25H28N4/c1-18-6-9-24-22(14-18)23(17-27-24)19-7-8-21(15-19)28-10-12-29(13-11-28)25-5-3-2-4-20(25)16-26/h2-6,9,14,17,19,21,27H,7-8,10-13,15H2,1H3. The Balaban J connectivity index is 1.25. The fourth-order valence-electron chi connectivity index (χ4n) is 5.34. The first kappa shape index (κ1) is 18.3. The van der Waals surface area contributed by atoms with Gasteiger partial charge in [0.15, 0.2) is 0 Å². The Morgan fingerprint density at radius 3 is 2.69 bits per heavy atom. The molecule has 0 radical (unpaired) electrons. The molecule has 0 bridgehead atoms. The first-order valence-corrected chi connectivity index (χ1v) is 10.8. The Kier molecular flexibility index (Phi) is 4.77. The minimum atomic E-state index is 0.660. The lowest BCUT2D eigenvalue weighted by molar-refractivity contribution is 0.186. The number of H-pyrrole nitrogens is 1. The quantitative estimate of drug-likeness (QED) is 0.705. The maximum atomic E-state index is 9.40. The van der Waals surface area contributed by atoms with Gasteiger partial charge in [-0.2, -0.15) is 5.26 Å². The van der Waals surface area contributed by atoms with Crippen molar-refractivity contribution < 1.29 is 0 Å². The summed E-state index contributed by atoms with van der Waals surface area (Å²) in [6, 6.07) is 17.7. The number of hydrogen-bond acceptors (Lipinski definition) is 3. The molecule has 5 rings (SSSR count). The Morgan fingerprint density at radius 2 is 1.86 bits per heavy atom. The van der Waals surface area contributed by atoms with Crippen LogP contribution in [0.15, 0.2) is 48.7 Å². The molecule has 1 saturated heterocycles. The molecule has 2 fully saturated rings. The molecule has 3 aromatic rings. The molecule has 0 amide bonds. The lowest BCUT2D eigenvalue weighted by Crippen LogP contribution is -2.50. The van der Waals surface area contributed by atoms with Gasteiger partial charge in [-0.05, 0) is 61.9 Å². The second-order valence-electron chi connectivity index (χ2n) is 8.61. The van der Waals surface area contributed by atoms with Gasteiger partial charge in [0.1, 0.15) is 6.07 Å². The number of benzene rings is 2. The highest BCUT2D eigenvalue weighted by Gasteiger charge is 2.33. The molecule has 2 aromatic carbocycles. The number of fused-ring (bicyclic) bond motifs is 1. The van der Waals surface area contributed by atoms with E-state index in [1.165, 1.54) is 41.3 Å². The van der Waals surface area contributed by atoms with E-state index in [2.05, 4.69) is 58.2 Å². The second kappa shape index (κ2) is 7.57. The predicted molar refractivity (Wildman–Crippen MR) is 118 cm³/mol. The number of nitriles is 1. The summed E-state index contributed by atoms with van der Waals surface area (Å²) in [6.07, 6.45) is 6.07. The summed E-state index contributed by atoms with van der Waals surface area (Å²) in [5.41, 5.74) is 5.98. The summed E-state index contributed by atoms with van der Waals surface area (Å²) in [7, 11) is 0. The highest BCUT2D eigenvalue weighted by atomic mass is 15.3. The van der Waals surface area contributed by atoms with Gasteiger partial charge in [0.25, 0.3) is 0 Å². The Morgan fingerprint density at radius 1 is 1.03 bits per heavy atom. The average molecular weight is 385 g/mol. The lowest BCUT2D eigenvalue weighted by atomic mass is 9.96. The van der Waals surface area contributed by atoms with Crippen molar-refractivity contribution in [2.45, 2.75) is 38.1 Å². The van der Waals surface area contributed by atoms with Gasteiger partial charge in [-0.3, -0.25) is 4.90 Å². The Bertz CT molecular complexity index is 1050. The van der Waals surface area contributed by atoms with E-state index in [1.807, 2.05) is 18.2 Å². The Labute approximate surface area is 172 Å². The average Bonchev–Trinajstić information content (AvgIpc) is 3.40. The van der Waals surface area contributed by atoms with Crippen molar-refractivity contribution in [1.82, 2.24) is 9.88 Å². The van der Waals surface area contributed by atoms with Crippen LogP contribution >= 0.6 is 0 Å². The fourth-order valence-corrected chi connectivity index (χ4v) is 5.34. The van der Waals surface area contributed by atoms with Crippen LogP contribution in [0.3, 0.4) is 0 Å². The highest BCUT2D eigenvalue weighted by Crippen LogP contribution is 2.40. The van der Waals surface area contributed by atoms with E-state index in [1.54, 1.807) is 0 Å². The van der Waals surface area contributed by atoms with Gasteiger partial charge >= 0.3 is 0 Å². The van der Waals surface area contributed by atoms with Crippen LogP contribution in [0.25, 0.3) is 10.9 Å². The van der Waals surface area contributed by atoms with Crippen LogP contribution in [0.5, 0.6) is 0 Å². The molecule has 1 saturated carbocycles. The number of nitrogens with zero attached hydrogens (tertiary/aromatic N) is 3. The van der Waals surface area contributed by atoms with Gasteiger partial charge in [0.2, 0.25) is 0 Å². The number of anilines is 1. The normalized spacial score (nSPS) is 22.8. The van der Waals surface area contributed by atoms with Gasteiger partial charge in [-0.15, -0.1) is 0 Å². The first-order chi connectivity index (χ1) is 14.2. The smallest absolute Gasteiger partial charge is 0.101 e. The third-order valence-corrected chi connectivity index (χ3v) is 6.91. The summed E-state index contributed by atoms with van der Waals surface area (Å²) in [4.78, 5) is 8.54. The van der Waals surface area contributed by atoms with Crippen LogP contribution in [0.1, 0.15) is 41.9 Å². The van der Waals surface area contributed by atoms with E-state index in [0.717, 1.165) is 37.4 Å². The summed E-state index contributed by atoms with van der Waals surface area (Å²) in [5, 5.41) is 10.8. The van der Waals surface area contributed by atoms with Crippen LogP contribution in [-0.2, 0) is 0 Å². The number of para-hydroxylation sites is 1. The van der Waals surface area contributed by atoms with Gasteiger partial charge in [0.05, 0.1) is 11.3 Å². The molecule has 2 aliphatic rings. The van der Waals surface area contributed by atoms with E-state index in [-0.39, 0.29) is 0 Å². The van der Waals surface area contributed by atoms with E-state index in [9.17, 15) is 5.26 Å². The molecule has 0 spiro atoms. The monoisotopic (exact) mass is 384 g/mol. The largest absolute Gasteiger partial charge is 0.368 e. The molecule has 29 heavy (non-hydrogen) atoms. The number of aryl methyl sites for hydroxylation is 1. The van der Waals surface area contributed by atoms with Crippen LogP contribution in [0.4, 0.5) is 5.69 Å². The molecule has 1 aromatic heterocycles. The molecule has 4 heteroatoms. The molecule has 2 atom stereocenters. The maximum Gasteiger partial charge on any atom is 0.101 e. The van der Waals surface area contributed by atoms with Gasteiger partial charge in [-0.25, -0.2) is 0 Å². The summed E-state index contributed by atoms with van der Waals surface area (Å²) >= 11 is 0. The SMILES string of the molecule is Cc1ccc2[nH]cc(C3CCC(N4CCN(c5ccccc5C#N)CC4)C3)c2c1. The van der Waals surface area contributed by atoms with Crippen molar-refractivity contribution >= 4 is 16.6 Å². The van der Waals surface area contributed by atoms with Gasteiger partial charge in [0, 0.05) is 49.3 Å². The third-order valence-electron chi connectivity index (χ3n) is 6.91. The van der Waals surface area contributed by atoms with Crippen LogP contribution in [0.2, 0.25) is 0 Å². The minimum absolute atomic E-state index is 0.660. The summed E-state index contributed by atoms with van der Waals surface area (Å²) < 4.78 is 0. The molecule has 2 heterocycles. The van der Waals surface area contributed by atoms with Crippen molar-refractivity contribution in [2.24, 2.45) is 0 Å². The fraction of sp³-hybridized carbons (Fsp3) is 0.400. The number of rotatable bonds is 3. The van der Waals surface area contributed by atoms with Crippen LogP contribution in [-0.4, -0.2) is 42.1 Å². The zero-order chi connectivity index (χ0) is 19.8. The number of nitrogens with one attached hydrogen (secondary N) is 1. The first-order valence-electron chi connectivity index (χ1n) is 10.8. The van der Waals surface area contributed by atoms with Crippen molar-refractivity contribution in [3.8, 4) is 6.07 Å². The second-order valence-corrected chi connectivity index (χ2v) is 8.61. The topological polar surface area (TPSA) is 46.1 Å². The van der Waals surface area contributed by atoms with E-state index in [0.29, 0.717) is 12.0 Å². The van der Waals surface area contributed by atoms with Crippen LogP contribution in [0, 0.1) is 18.3 Å². The number of aromatic nitrogens is 1. The number of piperazine rings is 1. The number of aromatic amines is 1. The zero-order valence-electron chi connectivity index (χ0n) is 17.1. The summed E-state index contributed by atoms with van der Waals surface area (Å²) in [5.74, 6) is 0.660. The molecule has 1 N–H and O–H groups in total. The van der Waals surface area contributed by atoms with E-state index >= 15 is 0 Å². The Hall–Kier alpha value is -2.77. The molecule has 1 aliphatic carbocycles. The third kappa shape index (κ3) is 3.41. The van der Waals surface area contributed by atoms with Crippen molar-refractivity contribution in [3.63, 3.8) is 0 Å².